The summed E-state index contributed by atoms with van der Waals surface area (Å²) in [7, 11) is 0. The predicted octanol–water partition coefficient (Wildman–Crippen LogP) is 1.87. The Labute approximate surface area is 168 Å². The minimum atomic E-state index is -0.367. The molecule has 8 heteroatoms. The van der Waals surface area contributed by atoms with Crippen LogP contribution in [0.15, 0.2) is 42.6 Å². The molecule has 0 unspecified atom stereocenters. The van der Waals surface area contributed by atoms with E-state index in [0.717, 1.165) is 11.3 Å². The number of amidine groups is 1. The lowest BCUT2D eigenvalue weighted by Crippen LogP contribution is -2.31. The van der Waals surface area contributed by atoms with E-state index in [1.807, 2.05) is 30.3 Å². The van der Waals surface area contributed by atoms with Crippen LogP contribution in [0.5, 0.6) is 5.75 Å². The number of hydrogen-bond donors (Lipinski definition) is 3. The van der Waals surface area contributed by atoms with Crippen molar-refractivity contribution in [3.05, 3.63) is 48.2 Å². The van der Waals surface area contributed by atoms with Crippen molar-refractivity contribution in [1.29, 1.82) is 5.41 Å². The highest BCUT2D eigenvalue weighted by Crippen LogP contribution is 2.23. The predicted molar refractivity (Wildman–Crippen MR) is 107 cm³/mol. The van der Waals surface area contributed by atoms with Crippen molar-refractivity contribution < 1.29 is 19.1 Å². The molecule has 1 saturated heterocycles. The van der Waals surface area contributed by atoms with Gasteiger partial charge in [0.25, 0.3) is 0 Å². The Balaban J connectivity index is 1.52. The van der Waals surface area contributed by atoms with Gasteiger partial charge in [0.2, 0.25) is 5.91 Å². The SMILES string of the molecule is CCOC(=O)C[C@@H]1C[C@@H](COc2ccc(-c3ccc(C(=N)N)cn3)cc2)NC1=O. The van der Waals surface area contributed by atoms with Crippen molar-refractivity contribution in [3.63, 3.8) is 0 Å². The molecule has 0 saturated carbocycles. The average Bonchev–Trinajstić information content (AvgIpc) is 3.06. The van der Waals surface area contributed by atoms with Gasteiger partial charge < -0.3 is 20.5 Å². The Hall–Kier alpha value is -3.42. The van der Waals surface area contributed by atoms with E-state index < -0.39 is 0 Å². The summed E-state index contributed by atoms with van der Waals surface area (Å²) in [5, 5.41) is 10.3. The van der Waals surface area contributed by atoms with Crippen LogP contribution in [0.1, 0.15) is 25.3 Å². The van der Waals surface area contributed by atoms with Gasteiger partial charge in [-0.1, -0.05) is 0 Å². The zero-order valence-corrected chi connectivity index (χ0v) is 16.2. The molecule has 0 aliphatic carbocycles. The van der Waals surface area contributed by atoms with Crippen LogP contribution in [-0.2, 0) is 14.3 Å². The third kappa shape index (κ3) is 5.31. The summed E-state index contributed by atoms with van der Waals surface area (Å²) in [5.41, 5.74) is 7.70. The Kier molecular flexibility index (Phi) is 6.43. The molecular weight excluding hydrogens is 372 g/mol. The van der Waals surface area contributed by atoms with Crippen LogP contribution in [0.3, 0.4) is 0 Å². The van der Waals surface area contributed by atoms with E-state index in [9.17, 15) is 9.59 Å². The van der Waals surface area contributed by atoms with E-state index >= 15 is 0 Å². The standard InChI is InChI=1S/C21H24N4O4/c1-2-28-19(26)10-15-9-16(25-21(15)27)12-29-17-6-3-13(4-7-17)18-8-5-14(11-24-18)20(22)23/h3-8,11,15-16H,2,9-10,12H2,1H3,(H3,22,23)(H,25,27)/t15-,16-/m0/s1. The molecule has 1 aliphatic rings. The zero-order valence-electron chi connectivity index (χ0n) is 16.2. The van der Waals surface area contributed by atoms with Gasteiger partial charge in [-0.05, 0) is 49.7 Å². The second-order valence-electron chi connectivity index (χ2n) is 6.83. The van der Waals surface area contributed by atoms with E-state index in [2.05, 4.69) is 10.3 Å². The van der Waals surface area contributed by atoms with E-state index in [4.69, 9.17) is 20.6 Å². The first-order valence-corrected chi connectivity index (χ1v) is 9.46. The number of aromatic nitrogens is 1. The molecule has 1 amide bonds. The number of benzene rings is 1. The highest BCUT2D eigenvalue weighted by Gasteiger charge is 2.34. The van der Waals surface area contributed by atoms with Gasteiger partial charge in [-0.15, -0.1) is 0 Å². The molecule has 0 radical (unpaired) electrons. The molecular formula is C21H24N4O4. The molecule has 1 aromatic carbocycles. The van der Waals surface area contributed by atoms with Crippen molar-refractivity contribution in [2.75, 3.05) is 13.2 Å². The lowest BCUT2D eigenvalue weighted by atomic mass is 10.0. The number of carbonyl (C=O) groups is 2. The molecule has 8 nitrogen and oxygen atoms in total. The number of carbonyl (C=O) groups excluding carboxylic acids is 2. The number of esters is 1. The molecule has 152 valence electrons. The smallest absolute Gasteiger partial charge is 0.306 e. The van der Waals surface area contributed by atoms with Crippen molar-refractivity contribution in [1.82, 2.24) is 10.3 Å². The van der Waals surface area contributed by atoms with Crippen molar-refractivity contribution in [3.8, 4) is 17.0 Å². The summed E-state index contributed by atoms with van der Waals surface area (Å²) in [6.07, 6.45) is 2.21. The summed E-state index contributed by atoms with van der Waals surface area (Å²) < 4.78 is 10.7. The molecule has 4 N–H and O–H groups in total. The van der Waals surface area contributed by atoms with Crippen molar-refractivity contribution >= 4 is 17.7 Å². The number of nitrogens with one attached hydrogen (secondary N) is 2. The van der Waals surface area contributed by atoms with Gasteiger partial charge in [0, 0.05) is 17.3 Å². The zero-order chi connectivity index (χ0) is 20.8. The second kappa shape index (κ2) is 9.18. The Morgan fingerprint density at radius 3 is 2.66 bits per heavy atom. The fourth-order valence-electron chi connectivity index (χ4n) is 3.18. The normalized spacial score (nSPS) is 18.2. The number of ether oxygens (including phenoxy) is 2. The number of nitrogens with zero attached hydrogens (tertiary/aromatic N) is 1. The fourth-order valence-corrected chi connectivity index (χ4v) is 3.18. The quantitative estimate of drug-likeness (QED) is 0.355. The Morgan fingerprint density at radius 2 is 2.03 bits per heavy atom. The first kappa shape index (κ1) is 20.3. The number of rotatable bonds is 8. The fraction of sp³-hybridized carbons (Fsp3) is 0.333. The van der Waals surface area contributed by atoms with Gasteiger partial charge in [-0.3, -0.25) is 20.0 Å². The van der Waals surface area contributed by atoms with Gasteiger partial charge in [0.05, 0.1) is 30.7 Å². The summed E-state index contributed by atoms with van der Waals surface area (Å²) in [4.78, 5) is 27.9. The molecule has 0 bridgehead atoms. The molecule has 3 rings (SSSR count). The second-order valence-corrected chi connectivity index (χ2v) is 6.83. The third-order valence-corrected chi connectivity index (χ3v) is 4.68. The largest absolute Gasteiger partial charge is 0.491 e. The van der Waals surface area contributed by atoms with Crippen LogP contribution < -0.4 is 15.8 Å². The van der Waals surface area contributed by atoms with Crippen LogP contribution in [0, 0.1) is 11.3 Å². The number of nitrogen functional groups attached to an aromatic ring is 1. The highest BCUT2D eigenvalue weighted by molar-refractivity contribution is 5.94. The van der Waals surface area contributed by atoms with Crippen LogP contribution in [0.4, 0.5) is 0 Å². The van der Waals surface area contributed by atoms with Crippen LogP contribution in [0.25, 0.3) is 11.3 Å². The molecule has 2 aromatic rings. The minimum Gasteiger partial charge on any atom is -0.491 e. The average molecular weight is 396 g/mol. The van der Waals surface area contributed by atoms with Crippen LogP contribution >= 0.6 is 0 Å². The van der Waals surface area contributed by atoms with Gasteiger partial charge in [-0.2, -0.15) is 0 Å². The van der Waals surface area contributed by atoms with Gasteiger partial charge >= 0.3 is 5.97 Å². The minimum absolute atomic E-state index is 0.0173. The third-order valence-electron chi connectivity index (χ3n) is 4.68. The number of amides is 1. The molecule has 1 aliphatic heterocycles. The summed E-state index contributed by atoms with van der Waals surface area (Å²) >= 11 is 0. The molecule has 2 heterocycles. The lowest BCUT2D eigenvalue weighted by molar-refractivity contribution is -0.145. The summed E-state index contributed by atoms with van der Waals surface area (Å²) in [6, 6.07) is 10.9. The maximum absolute atomic E-state index is 12.0. The van der Waals surface area contributed by atoms with Gasteiger partial charge in [0.1, 0.15) is 18.2 Å². The molecule has 1 aromatic heterocycles. The Bertz CT molecular complexity index is 881. The molecule has 1 fully saturated rings. The highest BCUT2D eigenvalue weighted by atomic mass is 16.5. The topological polar surface area (TPSA) is 127 Å². The van der Waals surface area contributed by atoms with Crippen molar-refractivity contribution in [2.24, 2.45) is 11.7 Å². The molecule has 2 atom stereocenters. The number of nitrogens with two attached hydrogens (primary N) is 1. The van der Waals surface area contributed by atoms with Gasteiger partial charge in [-0.25, -0.2) is 0 Å². The van der Waals surface area contributed by atoms with E-state index in [1.165, 1.54) is 0 Å². The molecule has 0 spiro atoms. The van der Waals surface area contributed by atoms with E-state index in [1.54, 1.807) is 19.2 Å². The summed E-state index contributed by atoms with van der Waals surface area (Å²) in [6.45, 7) is 2.38. The van der Waals surface area contributed by atoms with Crippen LogP contribution in [0.2, 0.25) is 0 Å². The first-order chi connectivity index (χ1) is 14.0. The van der Waals surface area contributed by atoms with Crippen molar-refractivity contribution in [2.45, 2.75) is 25.8 Å². The van der Waals surface area contributed by atoms with E-state index in [-0.39, 0.29) is 36.1 Å². The summed E-state index contributed by atoms with van der Waals surface area (Å²) in [5.74, 6) is -0.195. The Morgan fingerprint density at radius 1 is 1.28 bits per heavy atom. The monoisotopic (exact) mass is 396 g/mol. The number of hydrogen-bond acceptors (Lipinski definition) is 6. The lowest BCUT2D eigenvalue weighted by Gasteiger charge is -2.12. The number of pyridine rings is 1. The first-order valence-electron chi connectivity index (χ1n) is 9.46. The van der Waals surface area contributed by atoms with E-state index in [0.29, 0.717) is 30.9 Å². The van der Waals surface area contributed by atoms with Gasteiger partial charge in [0.15, 0.2) is 0 Å². The molecule has 29 heavy (non-hydrogen) atoms. The van der Waals surface area contributed by atoms with Crippen LogP contribution in [-0.4, -0.2) is 42.0 Å². The maximum atomic E-state index is 12.0. The maximum Gasteiger partial charge on any atom is 0.306 e.